The molecule has 0 atom stereocenters. The monoisotopic (exact) mass is 234 g/mol. The summed E-state index contributed by atoms with van der Waals surface area (Å²) in [5.41, 5.74) is -0.771. The first-order valence-corrected chi connectivity index (χ1v) is 3.92. The van der Waals surface area contributed by atoms with Crippen LogP contribution < -0.4 is 4.74 Å². The number of carbonyl (C=O) groups excluding carboxylic acids is 1. The van der Waals surface area contributed by atoms with Crippen molar-refractivity contribution in [2.24, 2.45) is 0 Å². The average Bonchev–Trinajstić information content (AvgIpc) is 2.15. The zero-order valence-corrected chi connectivity index (χ0v) is 7.62. The zero-order chi connectivity index (χ0) is 12.3. The molecule has 1 N–H and O–H groups in total. The SMILES string of the molecule is O=Cc1ccc(C(=O)O)cc1OC(F)(F)F. The van der Waals surface area contributed by atoms with Crippen molar-refractivity contribution in [3.05, 3.63) is 29.3 Å². The van der Waals surface area contributed by atoms with Crippen LogP contribution in [0.1, 0.15) is 20.7 Å². The van der Waals surface area contributed by atoms with Gasteiger partial charge in [0.25, 0.3) is 0 Å². The van der Waals surface area contributed by atoms with E-state index in [1.54, 1.807) is 0 Å². The fraction of sp³-hybridized carbons (Fsp3) is 0.111. The van der Waals surface area contributed by atoms with Gasteiger partial charge >= 0.3 is 12.3 Å². The fourth-order valence-electron chi connectivity index (χ4n) is 0.978. The Morgan fingerprint density at radius 1 is 1.38 bits per heavy atom. The normalized spacial score (nSPS) is 10.9. The summed E-state index contributed by atoms with van der Waals surface area (Å²) in [5, 5.41) is 8.55. The van der Waals surface area contributed by atoms with Gasteiger partial charge in [0.15, 0.2) is 6.29 Å². The lowest BCUT2D eigenvalue weighted by molar-refractivity contribution is -0.274. The highest BCUT2D eigenvalue weighted by atomic mass is 19.4. The Kier molecular flexibility index (Phi) is 3.17. The molecule has 0 unspecified atom stereocenters. The predicted octanol–water partition coefficient (Wildman–Crippen LogP) is 2.10. The van der Waals surface area contributed by atoms with Gasteiger partial charge in [-0.1, -0.05) is 0 Å². The molecule has 1 aromatic rings. The summed E-state index contributed by atoms with van der Waals surface area (Å²) in [4.78, 5) is 20.9. The van der Waals surface area contributed by atoms with E-state index in [1.165, 1.54) is 0 Å². The lowest BCUT2D eigenvalue weighted by Gasteiger charge is -2.10. The van der Waals surface area contributed by atoms with Gasteiger partial charge in [0.1, 0.15) is 5.75 Å². The molecule has 7 heteroatoms. The Hall–Kier alpha value is -2.05. The van der Waals surface area contributed by atoms with Crippen LogP contribution >= 0.6 is 0 Å². The summed E-state index contributed by atoms with van der Waals surface area (Å²) in [6.07, 6.45) is -4.83. The van der Waals surface area contributed by atoms with Crippen LogP contribution in [0.2, 0.25) is 0 Å². The van der Waals surface area contributed by atoms with Gasteiger partial charge in [0, 0.05) is 0 Å². The van der Waals surface area contributed by atoms with E-state index in [1.807, 2.05) is 0 Å². The second kappa shape index (κ2) is 4.21. The molecule has 0 fully saturated rings. The van der Waals surface area contributed by atoms with Gasteiger partial charge in [-0.2, -0.15) is 0 Å². The van der Waals surface area contributed by atoms with Crippen molar-refractivity contribution in [1.82, 2.24) is 0 Å². The molecule has 1 rings (SSSR count). The number of carboxylic acid groups (broad SMARTS) is 1. The van der Waals surface area contributed by atoms with Crippen LogP contribution in [0.4, 0.5) is 13.2 Å². The highest BCUT2D eigenvalue weighted by Crippen LogP contribution is 2.26. The van der Waals surface area contributed by atoms with Crippen LogP contribution in [0.3, 0.4) is 0 Å². The molecule has 0 heterocycles. The molecule has 0 aliphatic rings. The van der Waals surface area contributed by atoms with Gasteiger partial charge in [-0.05, 0) is 18.2 Å². The lowest BCUT2D eigenvalue weighted by Crippen LogP contribution is -2.18. The summed E-state index contributed by atoms with van der Waals surface area (Å²) < 4.78 is 39.2. The van der Waals surface area contributed by atoms with Crippen LogP contribution in [0, 0.1) is 0 Å². The second-order valence-electron chi connectivity index (χ2n) is 2.72. The first-order valence-electron chi connectivity index (χ1n) is 3.92. The van der Waals surface area contributed by atoms with E-state index in [9.17, 15) is 22.8 Å². The van der Waals surface area contributed by atoms with Crippen molar-refractivity contribution in [3.63, 3.8) is 0 Å². The Balaban J connectivity index is 3.17. The molecule has 0 saturated heterocycles. The lowest BCUT2D eigenvalue weighted by atomic mass is 10.1. The Labute approximate surface area is 87.3 Å². The van der Waals surface area contributed by atoms with E-state index in [4.69, 9.17) is 5.11 Å². The third-order valence-electron chi connectivity index (χ3n) is 1.61. The molecule has 0 aliphatic carbocycles. The number of carboxylic acids is 1. The van der Waals surface area contributed by atoms with Crippen molar-refractivity contribution >= 4 is 12.3 Å². The van der Waals surface area contributed by atoms with Crippen molar-refractivity contribution in [1.29, 1.82) is 0 Å². The number of hydrogen-bond acceptors (Lipinski definition) is 3. The molecule has 0 aliphatic heterocycles. The predicted molar refractivity (Wildman–Crippen MR) is 45.5 cm³/mol. The molecule has 16 heavy (non-hydrogen) atoms. The van der Waals surface area contributed by atoms with Crippen molar-refractivity contribution in [2.75, 3.05) is 0 Å². The Bertz CT molecular complexity index is 425. The number of aromatic carboxylic acids is 1. The van der Waals surface area contributed by atoms with E-state index in [0.29, 0.717) is 6.07 Å². The summed E-state index contributed by atoms with van der Waals surface area (Å²) in [6, 6.07) is 2.59. The van der Waals surface area contributed by atoms with Crippen LogP contribution in [0.5, 0.6) is 5.75 Å². The summed E-state index contributed by atoms with van der Waals surface area (Å²) in [6.45, 7) is 0. The number of alkyl halides is 3. The molecule has 0 amide bonds. The number of hydrogen-bond donors (Lipinski definition) is 1. The van der Waals surface area contributed by atoms with Crippen LogP contribution in [-0.2, 0) is 0 Å². The minimum Gasteiger partial charge on any atom is -0.478 e. The highest BCUT2D eigenvalue weighted by Gasteiger charge is 2.32. The Morgan fingerprint density at radius 2 is 2.00 bits per heavy atom. The van der Waals surface area contributed by atoms with E-state index in [2.05, 4.69) is 4.74 Å². The first-order chi connectivity index (χ1) is 7.33. The van der Waals surface area contributed by atoms with Crippen molar-refractivity contribution in [3.8, 4) is 5.75 Å². The smallest absolute Gasteiger partial charge is 0.478 e. The minimum absolute atomic E-state index is 0.146. The number of ether oxygens (including phenoxy) is 1. The third kappa shape index (κ3) is 2.97. The number of rotatable bonds is 3. The zero-order valence-electron chi connectivity index (χ0n) is 7.62. The van der Waals surface area contributed by atoms with Gasteiger partial charge < -0.3 is 9.84 Å². The largest absolute Gasteiger partial charge is 0.573 e. The van der Waals surface area contributed by atoms with Gasteiger partial charge in [0.05, 0.1) is 11.1 Å². The maximum Gasteiger partial charge on any atom is 0.573 e. The molecule has 0 bridgehead atoms. The van der Waals surface area contributed by atoms with E-state index in [0.717, 1.165) is 12.1 Å². The first kappa shape index (κ1) is 12.0. The van der Waals surface area contributed by atoms with Crippen molar-refractivity contribution in [2.45, 2.75) is 6.36 Å². The van der Waals surface area contributed by atoms with Crippen LogP contribution in [-0.4, -0.2) is 23.7 Å². The van der Waals surface area contributed by atoms with Crippen LogP contribution in [0.25, 0.3) is 0 Å². The molecular weight excluding hydrogens is 229 g/mol. The molecule has 0 saturated carbocycles. The molecule has 4 nitrogen and oxygen atoms in total. The molecule has 0 spiro atoms. The number of halogens is 3. The summed E-state index contributed by atoms with van der Waals surface area (Å²) in [7, 11) is 0. The standard InChI is InChI=1S/C9H5F3O4/c10-9(11,12)16-7-3-5(8(14)15)1-2-6(7)4-13/h1-4H,(H,14,15). The van der Waals surface area contributed by atoms with Gasteiger partial charge in [-0.3, -0.25) is 4.79 Å². The quantitative estimate of drug-likeness (QED) is 0.813. The van der Waals surface area contributed by atoms with Gasteiger partial charge in [-0.25, -0.2) is 4.79 Å². The highest BCUT2D eigenvalue weighted by molar-refractivity contribution is 5.90. The molecule has 0 aromatic heterocycles. The van der Waals surface area contributed by atoms with Gasteiger partial charge in [0.2, 0.25) is 0 Å². The molecule has 86 valence electrons. The molecular formula is C9H5F3O4. The van der Waals surface area contributed by atoms with Crippen molar-refractivity contribution < 1.29 is 32.6 Å². The van der Waals surface area contributed by atoms with E-state index >= 15 is 0 Å². The minimum atomic E-state index is -4.98. The molecule has 1 aromatic carbocycles. The maximum absolute atomic E-state index is 11.9. The van der Waals surface area contributed by atoms with Gasteiger partial charge in [-0.15, -0.1) is 13.2 Å². The Morgan fingerprint density at radius 3 is 2.44 bits per heavy atom. The van der Waals surface area contributed by atoms with Crippen LogP contribution in [0.15, 0.2) is 18.2 Å². The molecule has 0 radical (unpaired) electrons. The second-order valence-corrected chi connectivity index (χ2v) is 2.72. The number of aldehydes is 1. The van der Waals surface area contributed by atoms with E-state index in [-0.39, 0.29) is 11.8 Å². The topological polar surface area (TPSA) is 63.6 Å². The average molecular weight is 234 g/mol. The number of benzene rings is 1. The van der Waals surface area contributed by atoms with E-state index < -0.39 is 23.6 Å². The summed E-state index contributed by atoms with van der Waals surface area (Å²) in [5.74, 6) is -2.24. The fourth-order valence-corrected chi connectivity index (χ4v) is 0.978. The number of carbonyl (C=O) groups is 2. The third-order valence-corrected chi connectivity index (χ3v) is 1.61. The maximum atomic E-state index is 11.9. The summed E-state index contributed by atoms with van der Waals surface area (Å²) >= 11 is 0.